The standard InChI is InChI=1S/C10H12ClN3O5S/c1-20(18,19)13-5-4-12-10(15)8-6-7(11)2-3-9(8)14(16)17/h2-3,6,13H,4-5H2,1H3,(H,12,15). The van der Waals surface area contributed by atoms with Gasteiger partial charge in [-0.1, -0.05) is 11.6 Å². The number of sulfonamides is 1. The third-order valence-corrected chi connectivity index (χ3v) is 3.14. The van der Waals surface area contributed by atoms with Crippen molar-refractivity contribution in [3.63, 3.8) is 0 Å². The highest BCUT2D eigenvalue weighted by atomic mass is 35.5. The molecular formula is C10H12ClN3O5S. The molecule has 1 amide bonds. The van der Waals surface area contributed by atoms with Gasteiger partial charge in [-0.05, 0) is 12.1 Å². The summed E-state index contributed by atoms with van der Waals surface area (Å²) in [6.07, 6.45) is 0.983. The first-order chi connectivity index (χ1) is 9.20. The number of hydrogen-bond donors (Lipinski definition) is 2. The second-order valence-corrected chi connectivity index (χ2v) is 6.11. The number of nitrogens with one attached hydrogen (secondary N) is 2. The zero-order valence-electron chi connectivity index (χ0n) is 10.4. The van der Waals surface area contributed by atoms with E-state index in [2.05, 4.69) is 10.0 Å². The maximum Gasteiger partial charge on any atom is 0.282 e. The Morgan fingerprint density at radius 3 is 2.60 bits per heavy atom. The van der Waals surface area contributed by atoms with E-state index < -0.39 is 20.9 Å². The monoisotopic (exact) mass is 321 g/mol. The average Bonchev–Trinajstić information content (AvgIpc) is 2.32. The van der Waals surface area contributed by atoms with Crippen molar-refractivity contribution in [3.8, 4) is 0 Å². The number of amides is 1. The Morgan fingerprint density at radius 2 is 2.05 bits per heavy atom. The quantitative estimate of drug-likeness (QED) is 0.450. The van der Waals surface area contributed by atoms with Gasteiger partial charge in [0.25, 0.3) is 11.6 Å². The molecule has 0 heterocycles. The predicted octanol–water partition coefficient (Wildman–Crippen LogP) is 0.527. The number of nitrogens with zero attached hydrogens (tertiary/aromatic N) is 1. The lowest BCUT2D eigenvalue weighted by Crippen LogP contribution is -2.34. The van der Waals surface area contributed by atoms with Gasteiger partial charge in [-0.2, -0.15) is 0 Å². The fourth-order valence-corrected chi connectivity index (χ4v) is 2.00. The van der Waals surface area contributed by atoms with Crippen molar-refractivity contribution < 1.29 is 18.1 Å². The van der Waals surface area contributed by atoms with E-state index in [1.807, 2.05) is 0 Å². The smallest absolute Gasteiger partial charge is 0.282 e. The molecule has 1 aromatic rings. The summed E-state index contributed by atoms with van der Waals surface area (Å²) in [7, 11) is -3.35. The minimum absolute atomic E-state index is 0.00439. The van der Waals surface area contributed by atoms with Gasteiger partial charge in [0.2, 0.25) is 10.0 Å². The first kappa shape index (κ1) is 16.3. The molecule has 0 radical (unpaired) electrons. The molecule has 20 heavy (non-hydrogen) atoms. The van der Waals surface area contributed by atoms with Gasteiger partial charge in [-0.3, -0.25) is 14.9 Å². The fourth-order valence-electron chi connectivity index (χ4n) is 1.36. The topological polar surface area (TPSA) is 118 Å². The van der Waals surface area contributed by atoms with Crippen molar-refractivity contribution in [3.05, 3.63) is 38.9 Å². The highest BCUT2D eigenvalue weighted by molar-refractivity contribution is 7.88. The molecule has 0 saturated heterocycles. The van der Waals surface area contributed by atoms with E-state index in [1.165, 1.54) is 12.1 Å². The van der Waals surface area contributed by atoms with Crippen LogP contribution in [0.15, 0.2) is 18.2 Å². The molecule has 2 N–H and O–H groups in total. The van der Waals surface area contributed by atoms with Crippen LogP contribution in [0.25, 0.3) is 0 Å². The van der Waals surface area contributed by atoms with Crippen LogP contribution in [0.5, 0.6) is 0 Å². The van der Waals surface area contributed by atoms with Gasteiger partial charge in [0.05, 0.1) is 11.2 Å². The molecule has 1 aromatic carbocycles. The second-order valence-electron chi connectivity index (χ2n) is 3.84. The molecule has 0 saturated carbocycles. The molecule has 0 aliphatic rings. The zero-order chi connectivity index (χ0) is 15.3. The third-order valence-electron chi connectivity index (χ3n) is 2.17. The number of benzene rings is 1. The first-order valence-electron chi connectivity index (χ1n) is 5.37. The van der Waals surface area contributed by atoms with Gasteiger partial charge in [0, 0.05) is 24.2 Å². The Labute approximate surface area is 120 Å². The van der Waals surface area contributed by atoms with Gasteiger partial charge in [-0.25, -0.2) is 13.1 Å². The molecule has 0 unspecified atom stereocenters. The largest absolute Gasteiger partial charge is 0.351 e. The van der Waals surface area contributed by atoms with E-state index in [9.17, 15) is 23.3 Å². The molecule has 8 nitrogen and oxygen atoms in total. The molecule has 0 aliphatic heterocycles. The van der Waals surface area contributed by atoms with Gasteiger partial charge in [0.1, 0.15) is 5.56 Å². The maximum atomic E-state index is 11.8. The van der Waals surface area contributed by atoms with Gasteiger partial charge in [0.15, 0.2) is 0 Å². The normalized spacial score (nSPS) is 11.1. The third kappa shape index (κ3) is 5.11. The molecule has 0 fully saturated rings. The average molecular weight is 322 g/mol. The van der Waals surface area contributed by atoms with Gasteiger partial charge >= 0.3 is 0 Å². The second kappa shape index (κ2) is 6.64. The zero-order valence-corrected chi connectivity index (χ0v) is 12.0. The van der Waals surface area contributed by atoms with Crippen molar-refractivity contribution >= 4 is 33.2 Å². The molecule has 1 rings (SSSR count). The number of carbonyl (C=O) groups is 1. The van der Waals surface area contributed by atoms with Crippen molar-refractivity contribution in [2.24, 2.45) is 0 Å². The number of carbonyl (C=O) groups excluding carboxylic acids is 1. The Hall–Kier alpha value is -1.71. The van der Waals surface area contributed by atoms with E-state index in [-0.39, 0.29) is 29.4 Å². The number of rotatable bonds is 6. The number of nitro groups is 1. The summed E-state index contributed by atoms with van der Waals surface area (Å²) in [5.41, 5.74) is -0.551. The van der Waals surface area contributed by atoms with E-state index >= 15 is 0 Å². The Morgan fingerprint density at radius 1 is 1.40 bits per heavy atom. The molecule has 110 valence electrons. The molecular weight excluding hydrogens is 310 g/mol. The molecule has 0 aliphatic carbocycles. The number of halogens is 1. The Kier molecular flexibility index (Phi) is 5.43. The maximum absolute atomic E-state index is 11.8. The van der Waals surface area contributed by atoms with Crippen LogP contribution in [0.2, 0.25) is 5.02 Å². The summed E-state index contributed by atoms with van der Waals surface area (Å²) < 4.78 is 23.8. The summed E-state index contributed by atoms with van der Waals surface area (Å²) in [6.45, 7) is -0.0193. The Bertz CT molecular complexity index is 632. The van der Waals surface area contributed by atoms with Gasteiger partial charge in [-0.15, -0.1) is 0 Å². The highest BCUT2D eigenvalue weighted by Gasteiger charge is 2.20. The predicted molar refractivity (Wildman–Crippen MR) is 73.3 cm³/mol. The van der Waals surface area contributed by atoms with E-state index in [1.54, 1.807) is 0 Å². The highest BCUT2D eigenvalue weighted by Crippen LogP contribution is 2.22. The lowest BCUT2D eigenvalue weighted by molar-refractivity contribution is -0.385. The van der Waals surface area contributed by atoms with Crippen LogP contribution in [0.4, 0.5) is 5.69 Å². The first-order valence-corrected chi connectivity index (χ1v) is 7.64. The fraction of sp³-hybridized carbons (Fsp3) is 0.300. The van der Waals surface area contributed by atoms with E-state index in [0.717, 1.165) is 12.3 Å². The van der Waals surface area contributed by atoms with Crippen molar-refractivity contribution in [1.82, 2.24) is 10.0 Å². The summed E-state index contributed by atoms with van der Waals surface area (Å²) in [5, 5.41) is 13.3. The minimum atomic E-state index is -3.35. The molecule has 0 atom stereocenters. The van der Waals surface area contributed by atoms with Crippen LogP contribution in [-0.2, 0) is 10.0 Å². The molecule has 0 aromatic heterocycles. The number of hydrogen-bond acceptors (Lipinski definition) is 5. The minimum Gasteiger partial charge on any atom is -0.351 e. The van der Waals surface area contributed by atoms with Crippen LogP contribution in [-0.4, -0.2) is 38.6 Å². The summed E-state index contributed by atoms with van der Waals surface area (Å²) >= 11 is 5.69. The van der Waals surface area contributed by atoms with E-state index in [4.69, 9.17) is 11.6 Å². The van der Waals surface area contributed by atoms with Crippen LogP contribution < -0.4 is 10.0 Å². The van der Waals surface area contributed by atoms with Crippen LogP contribution in [0, 0.1) is 10.1 Å². The van der Waals surface area contributed by atoms with E-state index in [0.29, 0.717) is 0 Å². The summed E-state index contributed by atoms with van der Waals surface area (Å²) in [6, 6.07) is 3.62. The summed E-state index contributed by atoms with van der Waals surface area (Å²) in [5.74, 6) is -0.700. The van der Waals surface area contributed by atoms with Crippen molar-refractivity contribution in [2.75, 3.05) is 19.3 Å². The van der Waals surface area contributed by atoms with Crippen molar-refractivity contribution in [1.29, 1.82) is 0 Å². The molecule has 0 spiro atoms. The van der Waals surface area contributed by atoms with Crippen LogP contribution in [0.1, 0.15) is 10.4 Å². The lowest BCUT2D eigenvalue weighted by Gasteiger charge is -2.06. The summed E-state index contributed by atoms with van der Waals surface area (Å²) in [4.78, 5) is 21.9. The molecule has 0 bridgehead atoms. The van der Waals surface area contributed by atoms with Crippen LogP contribution in [0.3, 0.4) is 0 Å². The molecule has 10 heteroatoms. The van der Waals surface area contributed by atoms with Gasteiger partial charge < -0.3 is 5.32 Å². The SMILES string of the molecule is CS(=O)(=O)NCCNC(=O)c1cc(Cl)ccc1[N+](=O)[O-]. The lowest BCUT2D eigenvalue weighted by atomic mass is 10.1. The van der Waals surface area contributed by atoms with Crippen molar-refractivity contribution in [2.45, 2.75) is 0 Å². The van der Waals surface area contributed by atoms with Crippen LogP contribution >= 0.6 is 11.6 Å². The number of nitro benzene ring substituents is 1. The Balaban J connectivity index is 2.72.